The number of nitrogens with one attached hydrogen (secondary N) is 2. The van der Waals surface area contributed by atoms with Gasteiger partial charge in [-0.2, -0.15) is 5.10 Å². The van der Waals surface area contributed by atoms with E-state index in [4.69, 9.17) is 0 Å². The molecule has 0 saturated carbocycles. The van der Waals surface area contributed by atoms with Crippen molar-refractivity contribution in [2.45, 2.75) is 19.4 Å². The lowest BCUT2D eigenvalue weighted by Crippen LogP contribution is -2.37. The first-order valence-corrected chi connectivity index (χ1v) is 9.46. The molecule has 1 atom stereocenters. The molecule has 0 radical (unpaired) electrons. The molecule has 4 rings (SSSR count). The van der Waals surface area contributed by atoms with E-state index in [1.54, 1.807) is 31.5 Å². The van der Waals surface area contributed by atoms with Crippen LogP contribution in [0.4, 0.5) is 0 Å². The van der Waals surface area contributed by atoms with Crippen molar-refractivity contribution >= 4 is 16.8 Å². The smallest absolute Gasteiger partial charge is 0.267 e. The molecule has 1 aromatic carbocycles. The summed E-state index contributed by atoms with van der Waals surface area (Å²) in [6.45, 7) is 2.14. The molecule has 7 heteroatoms. The van der Waals surface area contributed by atoms with Gasteiger partial charge >= 0.3 is 0 Å². The number of amides is 1. The fourth-order valence-electron chi connectivity index (χ4n) is 3.29. The van der Waals surface area contributed by atoms with E-state index in [-0.39, 0.29) is 11.5 Å². The highest BCUT2D eigenvalue weighted by atomic mass is 16.2. The van der Waals surface area contributed by atoms with Gasteiger partial charge < -0.3 is 10.3 Å². The van der Waals surface area contributed by atoms with E-state index in [0.717, 1.165) is 22.0 Å². The highest BCUT2D eigenvalue weighted by molar-refractivity contribution is 5.83. The fraction of sp³-hybridized carbons (Fsp3) is 0.182. The van der Waals surface area contributed by atoms with Crippen LogP contribution < -0.4 is 10.9 Å². The summed E-state index contributed by atoms with van der Waals surface area (Å²) in [5.74, 6) is -0.247. The van der Waals surface area contributed by atoms with Crippen molar-refractivity contribution in [1.82, 2.24) is 25.1 Å². The Hall–Kier alpha value is -3.74. The molecule has 1 unspecified atom stereocenters. The Morgan fingerprint density at radius 3 is 2.86 bits per heavy atom. The average Bonchev–Trinajstić information content (AvgIpc) is 3.17. The first-order valence-electron chi connectivity index (χ1n) is 9.46. The van der Waals surface area contributed by atoms with Gasteiger partial charge in [-0.25, -0.2) is 4.68 Å². The number of carbonyl (C=O) groups excluding carboxylic acids is 1. The molecule has 146 valence electrons. The number of para-hydroxylation sites is 1. The summed E-state index contributed by atoms with van der Waals surface area (Å²) in [5.41, 5.74) is 3.27. The molecule has 0 aliphatic rings. The Balaban J connectivity index is 1.44. The number of rotatable bonds is 6. The second-order valence-corrected chi connectivity index (χ2v) is 6.82. The molecule has 0 aliphatic carbocycles. The number of aromatic amines is 1. The van der Waals surface area contributed by atoms with Crippen molar-refractivity contribution in [1.29, 1.82) is 0 Å². The van der Waals surface area contributed by atoms with Gasteiger partial charge in [0.2, 0.25) is 5.91 Å². The Kier molecular flexibility index (Phi) is 5.20. The van der Waals surface area contributed by atoms with Crippen LogP contribution in [0, 0.1) is 0 Å². The van der Waals surface area contributed by atoms with Gasteiger partial charge in [-0.3, -0.25) is 14.6 Å². The number of hydrogen-bond acceptors (Lipinski definition) is 4. The number of pyridine rings is 1. The van der Waals surface area contributed by atoms with Crippen LogP contribution in [0.5, 0.6) is 0 Å². The lowest BCUT2D eigenvalue weighted by molar-refractivity contribution is -0.124. The SMILES string of the molecule is CC(C(=O)NCCc1c[nH]c2ccccc12)n1nc(-c2cccnc2)ccc1=O. The van der Waals surface area contributed by atoms with Crippen LogP contribution in [0.15, 0.2) is 71.9 Å². The molecule has 2 N–H and O–H groups in total. The quantitative estimate of drug-likeness (QED) is 0.532. The molecule has 3 aromatic heterocycles. The van der Waals surface area contributed by atoms with Crippen LogP contribution in [0.1, 0.15) is 18.5 Å². The van der Waals surface area contributed by atoms with Gasteiger partial charge in [-0.1, -0.05) is 18.2 Å². The van der Waals surface area contributed by atoms with Crippen LogP contribution in [0.25, 0.3) is 22.2 Å². The molecule has 0 bridgehead atoms. The molecule has 0 aliphatic heterocycles. The number of fused-ring (bicyclic) bond motifs is 1. The molecule has 1 amide bonds. The standard InChI is InChI=1S/C22H21N5O2/c1-15(27-21(28)9-8-19(26-27)17-5-4-11-23-13-17)22(29)24-12-10-16-14-25-20-7-3-2-6-18(16)20/h2-9,11,13-15,25H,10,12H2,1H3,(H,24,29). The van der Waals surface area contributed by atoms with E-state index in [0.29, 0.717) is 18.7 Å². The van der Waals surface area contributed by atoms with Gasteiger partial charge in [0, 0.05) is 47.7 Å². The van der Waals surface area contributed by atoms with Gasteiger partial charge in [-0.05, 0) is 43.2 Å². The number of carbonyl (C=O) groups is 1. The third-order valence-corrected chi connectivity index (χ3v) is 4.90. The third-order valence-electron chi connectivity index (χ3n) is 4.90. The number of H-pyrrole nitrogens is 1. The van der Waals surface area contributed by atoms with Crippen LogP contribution >= 0.6 is 0 Å². The molecular weight excluding hydrogens is 366 g/mol. The minimum Gasteiger partial charge on any atom is -0.361 e. The van der Waals surface area contributed by atoms with Gasteiger partial charge in [0.1, 0.15) is 6.04 Å². The summed E-state index contributed by atoms with van der Waals surface area (Å²) in [4.78, 5) is 32.2. The first kappa shape index (κ1) is 18.6. The zero-order chi connectivity index (χ0) is 20.2. The topological polar surface area (TPSA) is 92.7 Å². The molecular formula is C22H21N5O2. The van der Waals surface area contributed by atoms with Crippen molar-refractivity contribution in [3.63, 3.8) is 0 Å². The summed E-state index contributed by atoms with van der Waals surface area (Å²) in [6.07, 6.45) is 6.00. The van der Waals surface area contributed by atoms with Crippen LogP contribution in [0.2, 0.25) is 0 Å². The van der Waals surface area contributed by atoms with E-state index in [2.05, 4.69) is 26.4 Å². The predicted molar refractivity (Wildman–Crippen MR) is 111 cm³/mol. The van der Waals surface area contributed by atoms with E-state index >= 15 is 0 Å². The molecule has 7 nitrogen and oxygen atoms in total. The highest BCUT2D eigenvalue weighted by Gasteiger charge is 2.18. The summed E-state index contributed by atoms with van der Waals surface area (Å²) < 4.78 is 1.21. The highest BCUT2D eigenvalue weighted by Crippen LogP contribution is 2.18. The second kappa shape index (κ2) is 8.10. The first-order chi connectivity index (χ1) is 14.1. The molecule has 29 heavy (non-hydrogen) atoms. The minimum absolute atomic E-state index is 0.247. The molecule has 0 spiro atoms. The Morgan fingerprint density at radius 1 is 1.17 bits per heavy atom. The maximum atomic E-state index is 12.6. The Morgan fingerprint density at radius 2 is 2.03 bits per heavy atom. The zero-order valence-corrected chi connectivity index (χ0v) is 16.0. The largest absolute Gasteiger partial charge is 0.361 e. The Bertz CT molecular complexity index is 1200. The summed E-state index contributed by atoms with van der Waals surface area (Å²) in [7, 11) is 0. The summed E-state index contributed by atoms with van der Waals surface area (Å²) >= 11 is 0. The fourth-order valence-corrected chi connectivity index (χ4v) is 3.29. The number of nitrogens with zero attached hydrogens (tertiary/aromatic N) is 3. The number of benzene rings is 1. The Labute approximate surface area is 167 Å². The van der Waals surface area contributed by atoms with Gasteiger partial charge in [0.25, 0.3) is 5.56 Å². The lowest BCUT2D eigenvalue weighted by Gasteiger charge is -2.15. The number of aromatic nitrogens is 4. The van der Waals surface area contributed by atoms with Crippen molar-refractivity contribution in [2.24, 2.45) is 0 Å². The van der Waals surface area contributed by atoms with E-state index in [1.807, 2.05) is 30.5 Å². The average molecular weight is 387 g/mol. The normalized spacial score (nSPS) is 12.0. The lowest BCUT2D eigenvalue weighted by atomic mass is 10.1. The molecule has 3 heterocycles. The predicted octanol–water partition coefficient (Wildman–Crippen LogP) is 2.71. The van der Waals surface area contributed by atoms with Gasteiger partial charge in [-0.15, -0.1) is 0 Å². The maximum Gasteiger partial charge on any atom is 0.267 e. The third kappa shape index (κ3) is 3.94. The molecule has 0 fully saturated rings. The van der Waals surface area contributed by atoms with Gasteiger partial charge in [0.05, 0.1) is 5.69 Å². The second-order valence-electron chi connectivity index (χ2n) is 6.82. The molecule has 0 saturated heterocycles. The maximum absolute atomic E-state index is 12.6. The number of hydrogen-bond donors (Lipinski definition) is 2. The van der Waals surface area contributed by atoms with Crippen molar-refractivity contribution in [3.8, 4) is 11.3 Å². The minimum atomic E-state index is -0.720. The monoisotopic (exact) mass is 387 g/mol. The van der Waals surface area contributed by atoms with Crippen LogP contribution in [-0.2, 0) is 11.2 Å². The van der Waals surface area contributed by atoms with E-state index in [1.165, 1.54) is 10.7 Å². The van der Waals surface area contributed by atoms with Crippen molar-refractivity contribution in [2.75, 3.05) is 6.54 Å². The van der Waals surface area contributed by atoms with E-state index < -0.39 is 6.04 Å². The summed E-state index contributed by atoms with van der Waals surface area (Å²) in [5, 5.41) is 8.42. The van der Waals surface area contributed by atoms with E-state index in [9.17, 15) is 9.59 Å². The van der Waals surface area contributed by atoms with Crippen molar-refractivity contribution in [3.05, 3.63) is 83.0 Å². The van der Waals surface area contributed by atoms with Crippen LogP contribution in [0.3, 0.4) is 0 Å². The van der Waals surface area contributed by atoms with Gasteiger partial charge in [0.15, 0.2) is 0 Å². The molecule has 4 aromatic rings. The zero-order valence-electron chi connectivity index (χ0n) is 16.0. The summed E-state index contributed by atoms with van der Waals surface area (Å²) in [6, 6.07) is 14.0. The van der Waals surface area contributed by atoms with Crippen LogP contribution in [-0.4, -0.2) is 32.2 Å². The van der Waals surface area contributed by atoms with Crippen molar-refractivity contribution < 1.29 is 4.79 Å².